The van der Waals surface area contributed by atoms with Crippen molar-refractivity contribution < 1.29 is 8.91 Å². The minimum Gasteiger partial charge on any atom is -0.334 e. The predicted molar refractivity (Wildman–Crippen MR) is 63.7 cm³/mol. The second-order valence-electron chi connectivity index (χ2n) is 3.20. The Labute approximate surface area is 99.6 Å². The average Bonchev–Trinajstić information content (AvgIpc) is 2.80. The van der Waals surface area contributed by atoms with Crippen molar-refractivity contribution in [3.63, 3.8) is 0 Å². The third-order valence-electron chi connectivity index (χ3n) is 2.01. The van der Waals surface area contributed by atoms with Gasteiger partial charge in [-0.05, 0) is 24.6 Å². The molecule has 5 heteroatoms. The molecule has 92 valence electrons. The van der Waals surface area contributed by atoms with E-state index in [1.807, 2.05) is 20.8 Å². The molecule has 0 radical (unpaired) electrons. The van der Waals surface area contributed by atoms with Crippen molar-refractivity contribution >= 4 is 0 Å². The lowest BCUT2D eigenvalue weighted by molar-refractivity contribution is 0.420. The normalized spacial score (nSPS) is 9.71. The highest BCUT2D eigenvalue weighted by Crippen LogP contribution is 2.21. The Morgan fingerprint density at radius 1 is 1.35 bits per heavy atom. The summed E-state index contributed by atoms with van der Waals surface area (Å²) in [6.45, 7) is 5.99. The highest BCUT2D eigenvalue weighted by atomic mass is 19.1. The van der Waals surface area contributed by atoms with Crippen LogP contribution in [0.25, 0.3) is 11.5 Å². The van der Waals surface area contributed by atoms with Crippen LogP contribution in [0.4, 0.5) is 4.39 Å². The monoisotopic (exact) mass is 237 g/mol. The summed E-state index contributed by atoms with van der Waals surface area (Å²) in [6, 6.07) is 4.81. The molecular weight excluding hydrogens is 221 g/mol. The van der Waals surface area contributed by atoms with Gasteiger partial charge in [0.05, 0.1) is 12.1 Å². The Morgan fingerprint density at radius 3 is 2.59 bits per heavy atom. The van der Waals surface area contributed by atoms with Crippen LogP contribution in [-0.4, -0.2) is 10.1 Å². The highest BCUT2D eigenvalue weighted by Gasteiger charge is 2.12. The fourth-order valence-corrected chi connectivity index (χ4v) is 1.24. The molecule has 1 heterocycles. The maximum Gasteiger partial charge on any atom is 0.260 e. The van der Waals surface area contributed by atoms with Crippen LogP contribution in [0.1, 0.15) is 25.2 Å². The molecule has 2 N–H and O–H groups in total. The third kappa shape index (κ3) is 3.10. The summed E-state index contributed by atoms with van der Waals surface area (Å²) >= 11 is 0. The molecule has 0 aliphatic heterocycles. The van der Waals surface area contributed by atoms with Crippen molar-refractivity contribution in [3.8, 4) is 11.5 Å². The molecule has 2 aromatic rings. The maximum atomic E-state index is 13.5. The van der Waals surface area contributed by atoms with E-state index in [9.17, 15) is 4.39 Å². The molecule has 1 aromatic heterocycles. The predicted octanol–water partition coefficient (Wildman–Crippen LogP) is 2.67. The van der Waals surface area contributed by atoms with Crippen LogP contribution in [0.3, 0.4) is 0 Å². The van der Waals surface area contributed by atoms with E-state index < -0.39 is 0 Å². The van der Waals surface area contributed by atoms with Crippen LogP contribution >= 0.6 is 0 Å². The number of hydrogen-bond acceptors (Lipinski definition) is 4. The SMILES string of the molecule is CC.Cc1ccc(-c2nc(CN)no2)c(F)c1. The molecule has 0 aliphatic carbocycles. The Kier molecular flexibility index (Phi) is 4.78. The molecule has 2 rings (SSSR count). The summed E-state index contributed by atoms with van der Waals surface area (Å²) in [4.78, 5) is 3.95. The number of hydrogen-bond donors (Lipinski definition) is 1. The fraction of sp³-hybridized carbons (Fsp3) is 0.333. The van der Waals surface area contributed by atoms with Gasteiger partial charge in [0.15, 0.2) is 5.82 Å². The minimum atomic E-state index is -0.373. The van der Waals surface area contributed by atoms with E-state index >= 15 is 0 Å². The van der Waals surface area contributed by atoms with E-state index in [1.54, 1.807) is 12.1 Å². The van der Waals surface area contributed by atoms with Gasteiger partial charge in [0.1, 0.15) is 5.82 Å². The molecule has 1 aromatic carbocycles. The fourth-order valence-electron chi connectivity index (χ4n) is 1.24. The van der Waals surface area contributed by atoms with Crippen molar-refractivity contribution in [2.24, 2.45) is 5.73 Å². The zero-order chi connectivity index (χ0) is 12.8. The standard InChI is InChI=1S/C10H10FN3O.C2H6/c1-6-2-3-7(8(11)4-6)10-13-9(5-12)14-15-10;1-2/h2-4H,5,12H2,1H3;1-2H3. The second kappa shape index (κ2) is 6.10. The van der Waals surface area contributed by atoms with Gasteiger partial charge in [0.25, 0.3) is 5.89 Å². The number of nitrogens with zero attached hydrogens (tertiary/aromatic N) is 2. The lowest BCUT2D eigenvalue weighted by Gasteiger charge is -1.97. The second-order valence-corrected chi connectivity index (χ2v) is 3.20. The summed E-state index contributed by atoms with van der Waals surface area (Å²) in [6.07, 6.45) is 0. The first-order chi connectivity index (χ1) is 8.20. The molecule has 0 atom stereocenters. The molecular formula is C12H16FN3O. The molecule has 0 amide bonds. The number of aryl methyl sites for hydroxylation is 1. The Bertz CT molecular complexity index is 482. The van der Waals surface area contributed by atoms with Crippen LogP contribution < -0.4 is 5.73 Å². The van der Waals surface area contributed by atoms with E-state index in [4.69, 9.17) is 10.3 Å². The molecule has 0 bridgehead atoms. The Hall–Kier alpha value is -1.75. The van der Waals surface area contributed by atoms with Crippen molar-refractivity contribution in [3.05, 3.63) is 35.4 Å². The van der Waals surface area contributed by atoms with Gasteiger partial charge in [-0.3, -0.25) is 0 Å². The molecule has 0 unspecified atom stereocenters. The van der Waals surface area contributed by atoms with Crippen molar-refractivity contribution in [1.82, 2.24) is 10.1 Å². The minimum absolute atomic E-state index is 0.160. The van der Waals surface area contributed by atoms with E-state index in [0.717, 1.165) is 5.56 Å². The van der Waals surface area contributed by atoms with Crippen molar-refractivity contribution in [2.75, 3.05) is 0 Å². The van der Waals surface area contributed by atoms with Gasteiger partial charge >= 0.3 is 0 Å². The lowest BCUT2D eigenvalue weighted by Crippen LogP contribution is -1.97. The van der Waals surface area contributed by atoms with E-state index in [0.29, 0.717) is 11.4 Å². The van der Waals surface area contributed by atoms with Gasteiger partial charge < -0.3 is 10.3 Å². The Balaban J connectivity index is 0.000000686. The molecule has 0 fully saturated rings. The van der Waals surface area contributed by atoms with Gasteiger partial charge in [-0.2, -0.15) is 4.98 Å². The number of nitrogens with two attached hydrogens (primary N) is 1. The van der Waals surface area contributed by atoms with Gasteiger partial charge in [0, 0.05) is 0 Å². The highest BCUT2D eigenvalue weighted by molar-refractivity contribution is 5.54. The molecule has 0 saturated heterocycles. The van der Waals surface area contributed by atoms with Crippen molar-refractivity contribution in [1.29, 1.82) is 0 Å². The quantitative estimate of drug-likeness (QED) is 0.872. The van der Waals surface area contributed by atoms with Crippen LogP contribution in [0.15, 0.2) is 22.7 Å². The molecule has 0 aliphatic rings. The third-order valence-corrected chi connectivity index (χ3v) is 2.01. The van der Waals surface area contributed by atoms with Gasteiger partial charge in [-0.1, -0.05) is 25.1 Å². The summed E-state index contributed by atoms with van der Waals surface area (Å²) in [5, 5.41) is 3.60. The van der Waals surface area contributed by atoms with E-state index in [1.165, 1.54) is 6.07 Å². The average molecular weight is 237 g/mol. The van der Waals surface area contributed by atoms with Gasteiger partial charge in [-0.15, -0.1) is 0 Å². The molecule has 17 heavy (non-hydrogen) atoms. The lowest BCUT2D eigenvalue weighted by atomic mass is 10.1. The first kappa shape index (κ1) is 13.3. The first-order valence-corrected chi connectivity index (χ1v) is 5.50. The first-order valence-electron chi connectivity index (χ1n) is 5.50. The Morgan fingerprint density at radius 2 is 2.06 bits per heavy atom. The van der Waals surface area contributed by atoms with Crippen LogP contribution in [0.2, 0.25) is 0 Å². The molecule has 0 saturated carbocycles. The summed E-state index contributed by atoms with van der Waals surface area (Å²) in [7, 11) is 0. The topological polar surface area (TPSA) is 64.9 Å². The zero-order valence-corrected chi connectivity index (χ0v) is 10.2. The largest absolute Gasteiger partial charge is 0.334 e. The summed E-state index contributed by atoms with van der Waals surface area (Å²) < 4.78 is 18.4. The van der Waals surface area contributed by atoms with Crippen molar-refractivity contribution in [2.45, 2.75) is 27.3 Å². The molecule has 0 spiro atoms. The number of rotatable bonds is 2. The van der Waals surface area contributed by atoms with Crippen LogP contribution in [-0.2, 0) is 6.54 Å². The number of aromatic nitrogens is 2. The maximum absolute atomic E-state index is 13.5. The van der Waals surface area contributed by atoms with Gasteiger partial charge in [0.2, 0.25) is 0 Å². The van der Waals surface area contributed by atoms with Crippen LogP contribution in [0.5, 0.6) is 0 Å². The summed E-state index contributed by atoms with van der Waals surface area (Å²) in [5.74, 6) is 0.153. The van der Waals surface area contributed by atoms with Gasteiger partial charge in [-0.25, -0.2) is 4.39 Å². The zero-order valence-electron chi connectivity index (χ0n) is 10.2. The smallest absolute Gasteiger partial charge is 0.260 e. The molecule has 4 nitrogen and oxygen atoms in total. The number of benzene rings is 1. The summed E-state index contributed by atoms with van der Waals surface area (Å²) in [5.41, 5.74) is 6.47. The van der Waals surface area contributed by atoms with E-state index in [-0.39, 0.29) is 18.3 Å². The number of halogens is 1. The van der Waals surface area contributed by atoms with Crippen LogP contribution in [0, 0.1) is 12.7 Å². The van der Waals surface area contributed by atoms with E-state index in [2.05, 4.69) is 10.1 Å².